The summed E-state index contributed by atoms with van der Waals surface area (Å²) in [6, 6.07) is 2.87. The fourth-order valence-electron chi connectivity index (χ4n) is 4.91. The molecule has 0 amide bonds. The van der Waals surface area contributed by atoms with Crippen LogP contribution in [0.4, 0.5) is 5.82 Å². The van der Waals surface area contributed by atoms with Crippen molar-refractivity contribution in [2.75, 3.05) is 51.8 Å². The molecule has 31 heavy (non-hydrogen) atoms. The van der Waals surface area contributed by atoms with E-state index in [2.05, 4.69) is 58.8 Å². The Morgan fingerprint density at radius 2 is 2.10 bits per heavy atom. The lowest BCUT2D eigenvalue weighted by Crippen LogP contribution is -2.38. The van der Waals surface area contributed by atoms with E-state index < -0.39 is 0 Å². The Morgan fingerprint density at radius 1 is 1.23 bits per heavy atom. The molecule has 0 aromatic carbocycles. The summed E-state index contributed by atoms with van der Waals surface area (Å²) in [5.74, 6) is 2.78. The van der Waals surface area contributed by atoms with Crippen LogP contribution in [0.2, 0.25) is 0 Å². The smallest absolute Gasteiger partial charge is 0.173 e. The lowest BCUT2D eigenvalue weighted by Gasteiger charge is -2.28. The topological polar surface area (TPSA) is 74.9 Å². The molecule has 3 aliphatic heterocycles. The summed E-state index contributed by atoms with van der Waals surface area (Å²) in [6.45, 7) is 8.54. The molecule has 0 N–H and O–H groups in total. The number of fused-ring (bicyclic) bond motifs is 3. The minimum Gasteiger partial charge on any atom is -0.492 e. The molecule has 1 fully saturated rings. The molecule has 0 saturated carbocycles. The van der Waals surface area contributed by atoms with E-state index in [9.17, 15) is 0 Å². The first-order valence-corrected chi connectivity index (χ1v) is 11.3. The summed E-state index contributed by atoms with van der Waals surface area (Å²) in [5.41, 5.74) is 2.02. The molecule has 5 rings (SSSR count). The average Bonchev–Trinajstić information content (AvgIpc) is 3.45. The van der Waals surface area contributed by atoms with Gasteiger partial charge in [0.25, 0.3) is 0 Å². The number of hydrogen-bond donors (Lipinski definition) is 0. The zero-order chi connectivity index (χ0) is 21.5. The lowest BCUT2D eigenvalue weighted by molar-refractivity contribution is 0.223. The van der Waals surface area contributed by atoms with E-state index >= 15 is 0 Å². The molecule has 2 aromatic heterocycles. The number of anilines is 1. The normalized spacial score (nSPS) is 23.7. The molecule has 3 aliphatic rings. The molecular weight excluding hydrogens is 392 g/mol. The number of rotatable bonds is 5. The highest BCUT2D eigenvalue weighted by Gasteiger charge is 2.35. The molecule has 2 atom stereocenters. The van der Waals surface area contributed by atoms with Crippen molar-refractivity contribution in [3.05, 3.63) is 30.0 Å². The van der Waals surface area contributed by atoms with Crippen LogP contribution in [-0.2, 0) is 0 Å². The van der Waals surface area contributed by atoms with Crippen molar-refractivity contribution in [3.8, 4) is 5.75 Å². The Hall–Kier alpha value is -2.52. The van der Waals surface area contributed by atoms with Gasteiger partial charge in [-0.3, -0.25) is 9.89 Å². The van der Waals surface area contributed by atoms with Gasteiger partial charge >= 0.3 is 0 Å². The second-order valence-electron chi connectivity index (χ2n) is 9.22. The van der Waals surface area contributed by atoms with E-state index in [0.717, 1.165) is 54.8 Å². The summed E-state index contributed by atoms with van der Waals surface area (Å²) in [5, 5.41) is 4.38. The number of hydrogen-bond acceptors (Lipinski definition) is 8. The van der Waals surface area contributed by atoms with Crippen molar-refractivity contribution >= 4 is 11.5 Å². The first kappa shape index (κ1) is 20.4. The molecule has 9 nitrogen and oxygen atoms in total. The van der Waals surface area contributed by atoms with E-state index in [1.807, 2.05) is 10.9 Å². The molecule has 0 spiro atoms. The van der Waals surface area contributed by atoms with Gasteiger partial charge in [-0.2, -0.15) is 5.10 Å². The predicted molar refractivity (Wildman–Crippen MR) is 120 cm³/mol. The lowest BCUT2D eigenvalue weighted by atomic mass is 10.2. The van der Waals surface area contributed by atoms with Gasteiger partial charge in [0, 0.05) is 50.5 Å². The van der Waals surface area contributed by atoms with Crippen LogP contribution in [0.1, 0.15) is 50.3 Å². The summed E-state index contributed by atoms with van der Waals surface area (Å²) < 4.78 is 8.11. The van der Waals surface area contributed by atoms with E-state index in [0.29, 0.717) is 12.6 Å². The second-order valence-corrected chi connectivity index (χ2v) is 9.22. The standard InChI is InChI=1S/C22H32N8O/c1-15(2)30-22(24-14-25-30)18-13-28-8-9-31-19-10-20(23-11-17(19)21(28)26-18)29-7-5-6-16(29)12-27(3)4/h10-11,14-16,21H,5-9,12-13H2,1-4H3. The Bertz CT molecular complexity index is 968. The van der Waals surface area contributed by atoms with Crippen LogP contribution in [0.3, 0.4) is 0 Å². The maximum absolute atomic E-state index is 6.17. The molecule has 0 aliphatic carbocycles. The Kier molecular flexibility index (Phi) is 5.39. The van der Waals surface area contributed by atoms with Crippen molar-refractivity contribution < 1.29 is 4.74 Å². The highest BCUT2D eigenvalue weighted by Crippen LogP contribution is 2.38. The number of nitrogens with zero attached hydrogens (tertiary/aromatic N) is 8. The van der Waals surface area contributed by atoms with E-state index in [1.54, 1.807) is 6.33 Å². The molecule has 0 bridgehead atoms. The highest BCUT2D eigenvalue weighted by atomic mass is 16.5. The number of aliphatic imine (C=N–C) groups is 1. The van der Waals surface area contributed by atoms with Crippen LogP contribution >= 0.6 is 0 Å². The van der Waals surface area contributed by atoms with Gasteiger partial charge in [0.2, 0.25) is 0 Å². The van der Waals surface area contributed by atoms with Crippen LogP contribution in [0.25, 0.3) is 0 Å². The molecule has 9 heteroatoms. The molecule has 2 aromatic rings. The Morgan fingerprint density at radius 3 is 2.90 bits per heavy atom. The van der Waals surface area contributed by atoms with Crippen molar-refractivity contribution in [1.82, 2.24) is 29.5 Å². The van der Waals surface area contributed by atoms with Gasteiger partial charge in [-0.05, 0) is 40.8 Å². The first-order valence-electron chi connectivity index (χ1n) is 11.3. The van der Waals surface area contributed by atoms with Crippen LogP contribution in [0.5, 0.6) is 5.75 Å². The van der Waals surface area contributed by atoms with Gasteiger partial charge < -0.3 is 14.5 Å². The maximum atomic E-state index is 6.17. The average molecular weight is 425 g/mol. The van der Waals surface area contributed by atoms with Gasteiger partial charge in [0.05, 0.1) is 11.3 Å². The van der Waals surface area contributed by atoms with Gasteiger partial charge in [-0.1, -0.05) is 0 Å². The third-order valence-electron chi connectivity index (χ3n) is 6.34. The van der Waals surface area contributed by atoms with Crippen molar-refractivity contribution in [3.63, 3.8) is 0 Å². The Labute approximate surface area is 183 Å². The van der Waals surface area contributed by atoms with Crippen LogP contribution in [0, 0.1) is 0 Å². The third-order valence-corrected chi connectivity index (χ3v) is 6.34. The van der Waals surface area contributed by atoms with Crippen LogP contribution < -0.4 is 9.64 Å². The number of likely N-dealkylation sites (N-methyl/N-ethyl adjacent to an activating group) is 1. The summed E-state index contributed by atoms with van der Waals surface area (Å²) >= 11 is 0. The zero-order valence-electron chi connectivity index (χ0n) is 18.9. The van der Waals surface area contributed by atoms with E-state index in [1.165, 1.54) is 12.8 Å². The van der Waals surface area contributed by atoms with Crippen molar-refractivity contribution in [2.24, 2.45) is 4.99 Å². The van der Waals surface area contributed by atoms with Gasteiger partial charge in [0.1, 0.15) is 30.7 Å². The molecule has 166 valence electrons. The van der Waals surface area contributed by atoms with E-state index in [-0.39, 0.29) is 12.2 Å². The van der Waals surface area contributed by atoms with Gasteiger partial charge in [-0.15, -0.1) is 0 Å². The Balaban J connectivity index is 1.45. The SMILES string of the molecule is CC(C)n1ncnc1C1=NC2c3cnc(N4CCCC4CN(C)C)cc3OCCN2C1. The molecular formula is C22H32N8O. The fraction of sp³-hybridized carbons (Fsp3) is 0.636. The second kappa shape index (κ2) is 8.20. The minimum absolute atomic E-state index is 0.0810. The summed E-state index contributed by atoms with van der Waals surface area (Å²) in [7, 11) is 4.27. The number of ether oxygens (including phenoxy) is 1. The third kappa shape index (κ3) is 3.80. The summed E-state index contributed by atoms with van der Waals surface area (Å²) in [4.78, 5) is 21.4. The summed E-state index contributed by atoms with van der Waals surface area (Å²) in [6.07, 6.45) is 5.92. The van der Waals surface area contributed by atoms with Crippen molar-refractivity contribution in [1.29, 1.82) is 0 Å². The minimum atomic E-state index is -0.0810. The molecule has 2 unspecified atom stereocenters. The van der Waals surface area contributed by atoms with E-state index in [4.69, 9.17) is 14.7 Å². The predicted octanol–water partition coefficient (Wildman–Crippen LogP) is 1.98. The largest absolute Gasteiger partial charge is 0.492 e. The fourth-order valence-corrected chi connectivity index (χ4v) is 4.91. The number of pyridine rings is 1. The molecule has 0 radical (unpaired) electrons. The van der Waals surface area contributed by atoms with Crippen LogP contribution in [0.15, 0.2) is 23.6 Å². The highest BCUT2D eigenvalue weighted by molar-refractivity contribution is 6.00. The zero-order valence-corrected chi connectivity index (χ0v) is 18.9. The van der Waals surface area contributed by atoms with Gasteiger partial charge in [-0.25, -0.2) is 14.6 Å². The maximum Gasteiger partial charge on any atom is 0.173 e. The number of aromatic nitrogens is 4. The van der Waals surface area contributed by atoms with Crippen LogP contribution in [-0.4, -0.2) is 88.2 Å². The van der Waals surface area contributed by atoms with Gasteiger partial charge in [0.15, 0.2) is 5.82 Å². The quantitative estimate of drug-likeness (QED) is 0.726. The molecule has 1 saturated heterocycles. The first-order chi connectivity index (χ1) is 15.0. The monoisotopic (exact) mass is 424 g/mol. The van der Waals surface area contributed by atoms with Crippen molar-refractivity contribution in [2.45, 2.75) is 44.9 Å². The molecule has 5 heterocycles.